The summed E-state index contributed by atoms with van der Waals surface area (Å²) >= 11 is 0. The van der Waals surface area contributed by atoms with Gasteiger partial charge in [0.05, 0.1) is 13.0 Å². The number of rotatable bonds is 6. The van der Waals surface area contributed by atoms with Gasteiger partial charge >= 0.3 is 0 Å². The molecular formula is C22H23N3O4. The van der Waals surface area contributed by atoms with Gasteiger partial charge in [-0.1, -0.05) is 53.8 Å². The minimum absolute atomic E-state index is 0.223. The molecule has 7 nitrogen and oxygen atoms in total. The topological polar surface area (TPSA) is 108 Å². The van der Waals surface area contributed by atoms with Crippen LogP contribution in [-0.4, -0.2) is 36.5 Å². The molecule has 0 aliphatic rings. The van der Waals surface area contributed by atoms with Crippen LogP contribution in [0.15, 0.2) is 48.5 Å². The summed E-state index contributed by atoms with van der Waals surface area (Å²) in [6.07, 6.45) is -0.329. The molecule has 0 fully saturated rings. The first-order valence-corrected chi connectivity index (χ1v) is 9.02. The highest BCUT2D eigenvalue weighted by atomic mass is 16.5. The Morgan fingerprint density at radius 2 is 1.55 bits per heavy atom. The van der Waals surface area contributed by atoms with Crippen LogP contribution < -0.4 is 16.1 Å². The highest BCUT2D eigenvalue weighted by Crippen LogP contribution is 2.20. The summed E-state index contributed by atoms with van der Waals surface area (Å²) in [6.45, 7) is 1.81. The molecule has 4 N–H and O–H groups in total. The number of hydrogen-bond acceptors (Lipinski definition) is 4. The van der Waals surface area contributed by atoms with E-state index in [1.54, 1.807) is 0 Å². The molecule has 1 unspecified atom stereocenters. The number of carbonyl (C=O) groups excluding carboxylic acids is 3. The van der Waals surface area contributed by atoms with Gasteiger partial charge in [0.25, 0.3) is 0 Å². The molecule has 0 radical (unpaired) electrons. The van der Waals surface area contributed by atoms with E-state index < -0.39 is 17.7 Å². The van der Waals surface area contributed by atoms with Crippen molar-refractivity contribution in [2.75, 3.05) is 13.6 Å². The van der Waals surface area contributed by atoms with Crippen molar-refractivity contribution in [3.05, 3.63) is 59.7 Å². The molecule has 0 aliphatic heterocycles. The number of hydrogen-bond donors (Lipinski definition) is 4. The summed E-state index contributed by atoms with van der Waals surface area (Å²) in [5.41, 5.74) is 5.47. The number of amides is 3. The number of aryl methyl sites for hydroxylation is 1. The van der Waals surface area contributed by atoms with Crippen LogP contribution in [-0.2, 0) is 14.4 Å². The van der Waals surface area contributed by atoms with Gasteiger partial charge in [0.1, 0.15) is 5.92 Å². The van der Waals surface area contributed by atoms with Crippen LogP contribution in [0.5, 0.6) is 0 Å². The van der Waals surface area contributed by atoms with Gasteiger partial charge < -0.3 is 10.6 Å². The maximum Gasteiger partial charge on any atom is 0.245 e. The maximum absolute atomic E-state index is 12.2. The molecule has 0 aliphatic carbocycles. The smallest absolute Gasteiger partial charge is 0.245 e. The normalized spacial score (nSPS) is 10.9. The average Bonchev–Trinajstić information content (AvgIpc) is 2.75. The second-order valence-corrected chi connectivity index (χ2v) is 6.40. The van der Waals surface area contributed by atoms with Crippen molar-refractivity contribution >= 4 is 17.7 Å². The van der Waals surface area contributed by atoms with Gasteiger partial charge in [-0.05, 0) is 30.2 Å². The van der Waals surface area contributed by atoms with Crippen LogP contribution in [0.25, 0.3) is 11.1 Å². The molecule has 0 saturated carbocycles. The Labute approximate surface area is 169 Å². The molecule has 2 aromatic rings. The predicted molar refractivity (Wildman–Crippen MR) is 109 cm³/mol. The van der Waals surface area contributed by atoms with Crippen molar-refractivity contribution in [1.29, 1.82) is 0 Å². The molecule has 0 bridgehead atoms. The second-order valence-electron chi connectivity index (χ2n) is 6.40. The largest absolute Gasteiger partial charge is 0.358 e. The Morgan fingerprint density at radius 1 is 0.966 bits per heavy atom. The zero-order valence-corrected chi connectivity index (χ0v) is 16.3. The van der Waals surface area contributed by atoms with Gasteiger partial charge in [-0.15, -0.1) is 0 Å². The van der Waals surface area contributed by atoms with Crippen LogP contribution in [0.4, 0.5) is 0 Å². The summed E-state index contributed by atoms with van der Waals surface area (Å²) in [6, 6.07) is 15.7. The molecule has 0 heterocycles. The molecule has 0 aromatic heterocycles. The van der Waals surface area contributed by atoms with E-state index in [0.29, 0.717) is 5.56 Å². The molecule has 7 heteroatoms. The van der Waals surface area contributed by atoms with Crippen LogP contribution in [0.2, 0.25) is 0 Å². The van der Waals surface area contributed by atoms with Gasteiger partial charge in [0.15, 0.2) is 0 Å². The summed E-state index contributed by atoms with van der Waals surface area (Å²) in [4.78, 5) is 35.0. The number of benzene rings is 2. The number of carbonyl (C=O) groups is 3. The first-order valence-electron chi connectivity index (χ1n) is 9.02. The molecule has 2 rings (SSSR count). The lowest BCUT2D eigenvalue weighted by molar-refractivity contribution is -0.133. The van der Waals surface area contributed by atoms with E-state index >= 15 is 0 Å². The summed E-state index contributed by atoms with van der Waals surface area (Å²) in [5.74, 6) is 2.92. The molecule has 2 aromatic carbocycles. The average molecular weight is 393 g/mol. The van der Waals surface area contributed by atoms with Crippen LogP contribution in [0.1, 0.15) is 17.5 Å². The van der Waals surface area contributed by atoms with Crippen LogP contribution >= 0.6 is 0 Å². The van der Waals surface area contributed by atoms with E-state index in [4.69, 9.17) is 5.21 Å². The van der Waals surface area contributed by atoms with E-state index in [9.17, 15) is 14.4 Å². The van der Waals surface area contributed by atoms with Crippen molar-refractivity contribution in [3.63, 3.8) is 0 Å². The fourth-order valence-corrected chi connectivity index (χ4v) is 2.48. The van der Waals surface area contributed by atoms with Gasteiger partial charge in [0, 0.05) is 12.6 Å². The van der Waals surface area contributed by atoms with Gasteiger partial charge in [-0.25, -0.2) is 5.48 Å². The van der Waals surface area contributed by atoms with Crippen molar-refractivity contribution in [3.8, 4) is 23.0 Å². The van der Waals surface area contributed by atoms with Gasteiger partial charge in [-0.3, -0.25) is 19.6 Å². The lowest BCUT2D eigenvalue weighted by atomic mass is 10.0. The molecule has 0 spiro atoms. The van der Waals surface area contributed by atoms with Crippen molar-refractivity contribution in [2.24, 2.45) is 5.92 Å². The first-order chi connectivity index (χ1) is 13.9. The summed E-state index contributed by atoms with van der Waals surface area (Å²) < 4.78 is 0. The highest BCUT2D eigenvalue weighted by Gasteiger charge is 2.20. The van der Waals surface area contributed by atoms with E-state index in [0.717, 1.165) is 11.1 Å². The Kier molecular flexibility index (Phi) is 7.95. The molecule has 1 atom stereocenters. The zero-order chi connectivity index (χ0) is 21.2. The number of likely N-dealkylation sites (N-methyl/N-ethyl adjacent to an activating group) is 1. The SMILES string of the molecule is CNC(=O)CNC(=O)C(C#Cc1ccc(-c2ccc(C)cc2)cc1)CC(=O)NO. The van der Waals surface area contributed by atoms with E-state index in [-0.39, 0.29) is 18.9 Å². The molecule has 29 heavy (non-hydrogen) atoms. The molecule has 0 saturated heterocycles. The van der Waals surface area contributed by atoms with E-state index in [1.807, 2.05) is 55.5 Å². The Hall–Kier alpha value is -3.63. The first kappa shape index (κ1) is 21.7. The monoisotopic (exact) mass is 393 g/mol. The lowest BCUT2D eigenvalue weighted by Gasteiger charge is -2.10. The lowest BCUT2D eigenvalue weighted by Crippen LogP contribution is -2.39. The van der Waals surface area contributed by atoms with Crippen molar-refractivity contribution in [2.45, 2.75) is 13.3 Å². The minimum atomic E-state index is -1.01. The second kappa shape index (κ2) is 10.6. The Balaban J connectivity index is 2.13. The fourth-order valence-electron chi connectivity index (χ4n) is 2.48. The third-order valence-corrected chi connectivity index (χ3v) is 4.19. The number of hydroxylamine groups is 1. The molecule has 3 amide bonds. The molecular weight excluding hydrogens is 370 g/mol. The Bertz CT molecular complexity index is 925. The fraction of sp³-hybridized carbons (Fsp3) is 0.227. The van der Waals surface area contributed by atoms with Gasteiger partial charge in [-0.2, -0.15) is 0 Å². The van der Waals surface area contributed by atoms with Crippen molar-refractivity contribution < 1.29 is 19.6 Å². The minimum Gasteiger partial charge on any atom is -0.358 e. The van der Waals surface area contributed by atoms with E-state index in [2.05, 4.69) is 22.5 Å². The molecule has 150 valence electrons. The van der Waals surface area contributed by atoms with Crippen molar-refractivity contribution in [1.82, 2.24) is 16.1 Å². The van der Waals surface area contributed by atoms with Crippen LogP contribution in [0.3, 0.4) is 0 Å². The van der Waals surface area contributed by atoms with Crippen LogP contribution in [0, 0.1) is 24.7 Å². The summed E-state index contributed by atoms with van der Waals surface area (Å²) in [5, 5.41) is 13.5. The van der Waals surface area contributed by atoms with Gasteiger partial charge in [0.2, 0.25) is 17.7 Å². The summed E-state index contributed by atoms with van der Waals surface area (Å²) in [7, 11) is 1.45. The maximum atomic E-state index is 12.2. The van der Waals surface area contributed by atoms with E-state index in [1.165, 1.54) is 18.1 Å². The third kappa shape index (κ3) is 6.79. The predicted octanol–water partition coefficient (Wildman–Crippen LogP) is 1.39. The number of nitrogens with one attached hydrogen (secondary N) is 3. The standard InChI is InChI=1S/C22H23N3O4/c1-15-3-8-17(9-4-15)18-10-5-16(6-11-18)7-12-19(13-20(26)25-29)22(28)24-14-21(27)23-2/h3-6,8-11,19,29H,13-14H2,1-2H3,(H,23,27)(H,24,28)(H,25,26). The highest BCUT2D eigenvalue weighted by molar-refractivity contribution is 5.90. The zero-order valence-electron chi connectivity index (χ0n) is 16.3. The Morgan fingerprint density at radius 3 is 2.10 bits per heavy atom. The quantitative estimate of drug-likeness (QED) is 0.338. The third-order valence-electron chi connectivity index (χ3n) is 4.19.